The molecule has 0 radical (unpaired) electrons. The molecule has 2 aliphatic carbocycles. The first-order chi connectivity index (χ1) is 7.13. The van der Waals surface area contributed by atoms with Crippen molar-refractivity contribution in [2.75, 3.05) is 18.2 Å². The zero-order chi connectivity index (χ0) is 10.9. The Morgan fingerprint density at radius 1 is 1.20 bits per heavy atom. The minimum atomic E-state index is -3.03. The molecule has 0 unspecified atom stereocenters. The summed E-state index contributed by atoms with van der Waals surface area (Å²) in [5.74, 6) is 1.17. The van der Waals surface area contributed by atoms with E-state index in [9.17, 15) is 8.42 Å². The topological polar surface area (TPSA) is 37.4 Å². The minimum absolute atomic E-state index is 0.243. The monoisotopic (exact) mass is 251 g/mol. The molecule has 2 rings (SSSR count). The first-order valence-corrected chi connectivity index (χ1v) is 7.83. The van der Waals surface area contributed by atoms with E-state index in [1.165, 1.54) is 0 Å². The van der Waals surface area contributed by atoms with Crippen LogP contribution in [0.5, 0.6) is 0 Å². The van der Waals surface area contributed by atoms with Gasteiger partial charge in [-0.2, -0.15) is 4.31 Å². The fraction of sp³-hybridized carbons (Fsp3) is 1.00. The average molecular weight is 252 g/mol. The molecule has 0 spiro atoms. The number of nitrogens with zero attached hydrogens (tertiary/aromatic N) is 1. The van der Waals surface area contributed by atoms with Gasteiger partial charge in [-0.1, -0.05) is 6.42 Å². The number of hydrogen-bond acceptors (Lipinski definition) is 2. The Balaban J connectivity index is 2.00. The molecule has 0 aromatic rings. The average Bonchev–Trinajstić information content (AvgIpc) is 2.83. The minimum Gasteiger partial charge on any atom is -0.212 e. The van der Waals surface area contributed by atoms with Crippen LogP contribution in [-0.4, -0.2) is 36.9 Å². The van der Waals surface area contributed by atoms with E-state index in [-0.39, 0.29) is 6.04 Å². The Morgan fingerprint density at radius 2 is 1.87 bits per heavy atom. The van der Waals surface area contributed by atoms with Crippen molar-refractivity contribution in [3.05, 3.63) is 0 Å². The molecule has 0 aromatic heterocycles. The van der Waals surface area contributed by atoms with E-state index in [1.807, 2.05) is 0 Å². The number of hydrogen-bond donors (Lipinski definition) is 0. The maximum absolute atomic E-state index is 12.1. The molecule has 3 nitrogen and oxygen atoms in total. The maximum atomic E-state index is 12.1. The van der Waals surface area contributed by atoms with Crippen LogP contribution < -0.4 is 0 Å². The first kappa shape index (κ1) is 11.7. The van der Waals surface area contributed by atoms with E-state index < -0.39 is 10.0 Å². The highest BCUT2D eigenvalue weighted by Gasteiger charge is 2.37. The van der Waals surface area contributed by atoms with E-state index in [2.05, 4.69) is 0 Å². The van der Waals surface area contributed by atoms with Gasteiger partial charge in [-0.25, -0.2) is 8.42 Å². The Kier molecular flexibility index (Phi) is 3.58. The third-order valence-corrected chi connectivity index (χ3v) is 5.54. The molecule has 88 valence electrons. The highest BCUT2D eigenvalue weighted by molar-refractivity contribution is 7.89. The Morgan fingerprint density at radius 3 is 2.27 bits per heavy atom. The fourth-order valence-corrected chi connectivity index (χ4v) is 4.42. The van der Waals surface area contributed by atoms with Gasteiger partial charge in [0.1, 0.15) is 0 Å². The molecule has 0 aliphatic heterocycles. The van der Waals surface area contributed by atoms with Gasteiger partial charge in [0, 0.05) is 18.5 Å². The van der Waals surface area contributed by atoms with E-state index in [4.69, 9.17) is 11.6 Å². The van der Waals surface area contributed by atoms with Crippen LogP contribution in [0.4, 0.5) is 0 Å². The van der Waals surface area contributed by atoms with Crippen LogP contribution in [0, 0.1) is 5.92 Å². The third-order valence-electron chi connectivity index (χ3n) is 3.29. The van der Waals surface area contributed by atoms with Crippen molar-refractivity contribution < 1.29 is 8.42 Å². The van der Waals surface area contributed by atoms with E-state index >= 15 is 0 Å². The second kappa shape index (κ2) is 4.60. The zero-order valence-corrected chi connectivity index (χ0v) is 10.4. The Hall–Kier alpha value is 0.200. The molecule has 0 heterocycles. The van der Waals surface area contributed by atoms with Gasteiger partial charge in [-0.3, -0.25) is 0 Å². The van der Waals surface area contributed by atoms with Gasteiger partial charge in [0.05, 0.1) is 5.75 Å². The van der Waals surface area contributed by atoms with E-state index in [1.54, 1.807) is 4.31 Å². The van der Waals surface area contributed by atoms with Crippen LogP contribution in [0.15, 0.2) is 0 Å². The highest BCUT2D eigenvalue weighted by Crippen LogP contribution is 2.34. The van der Waals surface area contributed by atoms with Gasteiger partial charge in [0.2, 0.25) is 10.0 Å². The molecule has 2 aliphatic rings. The number of sulfonamides is 1. The molecule has 2 saturated carbocycles. The lowest BCUT2D eigenvalue weighted by molar-refractivity contribution is 0.227. The SMILES string of the molecule is O=S(=O)(CC1CC1)N(CCCl)C1CCC1. The van der Waals surface area contributed by atoms with Gasteiger partial charge < -0.3 is 0 Å². The third kappa shape index (κ3) is 2.86. The molecular weight excluding hydrogens is 234 g/mol. The van der Waals surface area contributed by atoms with Gasteiger partial charge in [-0.15, -0.1) is 11.6 Å². The van der Waals surface area contributed by atoms with E-state index in [0.717, 1.165) is 32.1 Å². The van der Waals surface area contributed by atoms with Gasteiger partial charge in [0.15, 0.2) is 0 Å². The Labute approximate surface area is 96.8 Å². The predicted octanol–water partition coefficient (Wildman–Crippen LogP) is 1.82. The van der Waals surface area contributed by atoms with Crippen molar-refractivity contribution in [1.29, 1.82) is 0 Å². The number of rotatable bonds is 6. The number of halogens is 1. The number of alkyl halides is 1. The molecule has 5 heteroatoms. The second-order valence-electron chi connectivity index (χ2n) is 4.61. The summed E-state index contributed by atoms with van der Waals surface area (Å²) in [7, 11) is -3.03. The standard InChI is InChI=1S/C10H18ClNO2S/c11-6-7-12(10-2-1-3-10)15(13,14)8-9-4-5-9/h9-10H,1-8H2. The molecule has 0 bridgehead atoms. The quantitative estimate of drug-likeness (QED) is 0.676. The van der Waals surface area contributed by atoms with Crippen LogP contribution in [-0.2, 0) is 10.0 Å². The molecule has 0 N–H and O–H groups in total. The summed E-state index contributed by atoms with van der Waals surface area (Å²) in [4.78, 5) is 0. The summed E-state index contributed by atoms with van der Waals surface area (Å²) >= 11 is 5.67. The van der Waals surface area contributed by atoms with Crippen molar-refractivity contribution in [2.24, 2.45) is 5.92 Å². The first-order valence-electron chi connectivity index (χ1n) is 5.69. The van der Waals surface area contributed by atoms with Gasteiger partial charge in [0.25, 0.3) is 0 Å². The smallest absolute Gasteiger partial charge is 0.212 e. The van der Waals surface area contributed by atoms with Gasteiger partial charge in [-0.05, 0) is 31.6 Å². The maximum Gasteiger partial charge on any atom is 0.214 e. The summed E-state index contributed by atoms with van der Waals surface area (Å²) in [5, 5.41) is 0. The zero-order valence-electron chi connectivity index (χ0n) is 8.86. The fourth-order valence-electron chi connectivity index (χ4n) is 1.98. The lowest BCUT2D eigenvalue weighted by Gasteiger charge is -2.36. The lowest BCUT2D eigenvalue weighted by Crippen LogP contribution is -2.46. The highest BCUT2D eigenvalue weighted by atomic mass is 35.5. The van der Waals surface area contributed by atoms with Crippen molar-refractivity contribution in [3.8, 4) is 0 Å². The predicted molar refractivity (Wildman–Crippen MR) is 61.6 cm³/mol. The van der Waals surface area contributed by atoms with Crippen molar-refractivity contribution >= 4 is 21.6 Å². The van der Waals surface area contributed by atoms with Crippen molar-refractivity contribution in [2.45, 2.75) is 38.1 Å². The normalized spacial score (nSPS) is 23.1. The second-order valence-corrected chi connectivity index (χ2v) is 6.95. The molecule has 0 saturated heterocycles. The lowest BCUT2D eigenvalue weighted by atomic mass is 9.93. The van der Waals surface area contributed by atoms with Crippen LogP contribution in [0.1, 0.15) is 32.1 Å². The van der Waals surface area contributed by atoms with Crippen molar-refractivity contribution in [1.82, 2.24) is 4.31 Å². The molecule has 0 atom stereocenters. The van der Waals surface area contributed by atoms with Crippen LogP contribution in [0.3, 0.4) is 0 Å². The largest absolute Gasteiger partial charge is 0.214 e. The van der Waals surface area contributed by atoms with Gasteiger partial charge >= 0.3 is 0 Å². The molecule has 2 fully saturated rings. The van der Waals surface area contributed by atoms with Crippen molar-refractivity contribution in [3.63, 3.8) is 0 Å². The molecule has 15 heavy (non-hydrogen) atoms. The molecule has 0 aromatic carbocycles. The van der Waals surface area contributed by atoms with Crippen LogP contribution >= 0.6 is 11.6 Å². The summed E-state index contributed by atoms with van der Waals surface area (Å²) in [5.41, 5.74) is 0. The van der Waals surface area contributed by atoms with E-state index in [0.29, 0.717) is 24.1 Å². The van der Waals surface area contributed by atoms with Crippen LogP contribution in [0.2, 0.25) is 0 Å². The molecule has 0 amide bonds. The summed E-state index contributed by atoms with van der Waals surface area (Å²) < 4.78 is 25.8. The molecular formula is C10H18ClNO2S. The summed E-state index contributed by atoms with van der Waals surface area (Å²) in [6.45, 7) is 0.487. The summed E-state index contributed by atoms with van der Waals surface area (Å²) in [6.07, 6.45) is 5.35. The van der Waals surface area contributed by atoms with Crippen LogP contribution in [0.25, 0.3) is 0 Å². The summed E-state index contributed by atoms with van der Waals surface area (Å²) in [6, 6.07) is 0.243. The Bertz CT molecular complexity index is 309.